The number of benzene rings is 1. The highest BCUT2D eigenvalue weighted by molar-refractivity contribution is 7.91. The van der Waals surface area contributed by atoms with Crippen molar-refractivity contribution in [3.8, 4) is 11.1 Å². The summed E-state index contributed by atoms with van der Waals surface area (Å²) >= 11 is 1.26. The van der Waals surface area contributed by atoms with Gasteiger partial charge in [-0.3, -0.25) is 4.79 Å². The van der Waals surface area contributed by atoms with Crippen molar-refractivity contribution in [1.82, 2.24) is 13.8 Å². The maximum absolute atomic E-state index is 13.6. The van der Waals surface area contributed by atoms with Crippen LogP contribution >= 0.6 is 11.3 Å². The van der Waals surface area contributed by atoms with Gasteiger partial charge in [-0.15, -0.1) is 11.3 Å². The number of pyridine rings is 1. The fourth-order valence-electron chi connectivity index (χ4n) is 5.10. The van der Waals surface area contributed by atoms with Gasteiger partial charge in [0.05, 0.1) is 0 Å². The van der Waals surface area contributed by atoms with Gasteiger partial charge in [-0.2, -0.15) is 4.31 Å². The molecule has 1 fully saturated rings. The van der Waals surface area contributed by atoms with Crippen molar-refractivity contribution in [3.05, 3.63) is 75.5 Å². The number of rotatable bonds is 5. The molecule has 2 bridgehead atoms. The van der Waals surface area contributed by atoms with E-state index in [-0.39, 0.29) is 17.4 Å². The van der Waals surface area contributed by atoms with E-state index < -0.39 is 10.0 Å². The first-order valence-corrected chi connectivity index (χ1v) is 13.2. The fourth-order valence-corrected chi connectivity index (χ4v) is 7.81. The molecule has 2 aliphatic heterocycles. The topological polar surface area (TPSA) is 62.6 Å². The summed E-state index contributed by atoms with van der Waals surface area (Å²) in [6.45, 7) is 2.21. The predicted octanol–water partition coefficient (Wildman–Crippen LogP) is 3.45. The average Bonchev–Trinajstić information content (AvgIpc) is 3.31. The first kappa shape index (κ1) is 21.6. The quantitative estimate of drug-likeness (QED) is 0.574. The number of piperidine rings is 1. The molecule has 0 saturated carbocycles. The summed E-state index contributed by atoms with van der Waals surface area (Å²) in [5.74, 6) is 0.178. The second-order valence-corrected chi connectivity index (χ2v) is 12.1. The van der Waals surface area contributed by atoms with Gasteiger partial charge in [-0.25, -0.2) is 8.42 Å². The van der Waals surface area contributed by atoms with Gasteiger partial charge in [-0.05, 0) is 61.1 Å². The molecule has 0 radical (unpaired) electrons. The lowest BCUT2D eigenvalue weighted by Crippen LogP contribution is -2.49. The number of hydrogen-bond donors (Lipinski definition) is 0. The molecule has 2 unspecified atom stereocenters. The van der Waals surface area contributed by atoms with Crippen molar-refractivity contribution >= 4 is 21.4 Å². The molecule has 2 aromatic heterocycles. The van der Waals surface area contributed by atoms with Crippen LogP contribution in [0, 0.1) is 5.92 Å². The predicted molar refractivity (Wildman–Crippen MR) is 127 cm³/mol. The van der Waals surface area contributed by atoms with Gasteiger partial charge in [0.15, 0.2) is 0 Å². The lowest BCUT2D eigenvalue weighted by Gasteiger charge is -2.42. The molecule has 1 saturated heterocycles. The Balaban J connectivity index is 1.51. The number of nitrogens with zero attached hydrogens (tertiary/aromatic N) is 3. The molecule has 6 nitrogen and oxygen atoms in total. The minimum Gasteiger partial charge on any atom is -0.311 e. The van der Waals surface area contributed by atoms with Crippen LogP contribution in [0.1, 0.15) is 23.6 Å². The summed E-state index contributed by atoms with van der Waals surface area (Å²) in [6, 6.07) is 15.5. The van der Waals surface area contributed by atoms with Crippen LogP contribution in [0.2, 0.25) is 0 Å². The molecule has 0 N–H and O–H groups in total. The molecule has 2 atom stereocenters. The lowest BCUT2D eigenvalue weighted by molar-refractivity contribution is 0.186. The van der Waals surface area contributed by atoms with Gasteiger partial charge < -0.3 is 9.47 Å². The van der Waals surface area contributed by atoms with Crippen LogP contribution < -0.4 is 5.56 Å². The molecule has 5 rings (SSSR count). The Hall–Kier alpha value is -2.26. The summed E-state index contributed by atoms with van der Waals surface area (Å²) in [5, 5.41) is 1.79. The van der Waals surface area contributed by atoms with Gasteiger partial charge >= 0.3 is 0 Å². The minimum absolute atomic E-state index is 0.0259. The maximum Gasteiger partial charge on any atom is 0.258 e. The van der Waals surface area contributed by atoms with Crippen LogP contribution in [0.25, 0.3) is 11.1 Å². The molecule has 2 aliphatic rings. The van der Waals surface area contributed by atoms with E-state index in [0.29, 0.717) is 29.4 Å². The highest BCUT2D eigenvalue weighted by atomic mass is 32.2. The third-order valence-electron chi connectivity index (χ3n) is 6.45. The van der Waals surface area contributed by atoms with Gasteiger partial charge in [-0.1, -0.05) is 30.3 Å². The molecule has 3 aromatic rings. The van der Waals surface area contributed by atoms with Crippen LogP contribution in [0.4, 0.5) is 0 Å². The van der Waals surface area contributed by atoms with Crippen molar-refractivity contribution in [2.75, 3.05) is 27.2 Å². The molecule has 0 aliphatic carbocycles. The van der Waals surface area contributed by atoms with Gasteiger partial charge in [0.25, 0.3) is 15.6 Å². The first-order chi connectivity index (χ1) is 15.3. The smallest absolute Gasteiger partial charge is 0.258 e. The molecule has 1 aromatic carbocycles. The molecular formula is C24H27N3O3S2. The van der Waals surface area contributed by atoms with E-state index in [4.69, 9.17) is 0 Å². The molecule has 8 heteroatoms. The summed E-state index contributed by atoms with van der Waals surface area (Å²) in [5.41, 5.74) is 3.79. The van der Waals surface area contributed by atoms with Crippen molar-refractivity contribution in [3.63, 3.8) is 0 Å². The molecule has 0 amide bonds. The Labute approximate surface area is 192 Å². The zero-order chi connectivity index (χ0) is 22.5. The first-order valence-electron chi connectivity index (χ1n) is 10.8. The molecule has 168 valence electrons. The van der Waals surface area contributed by atoms with Crippen LogP contribution in [0.5, 0.6) is 0 Å². The molecule has 4 heterocycles. The molecular weight excluding hydrogens is 442 g/mol. The number of aromatic nitrogens is 1. The SMILES string of the molecule is CN(C)Cc1ccccc1-c1ccc2n(c1=O)CC1CC2CN(S(=O)(=O)c2cccs2)C1. The van der Waals surface area contributed by atoms with E-state index in [2.05, 4.69) is 11.0 Å². The van der Waals surface area contributed by atoms with Crippen LogP contribution in [0.3, 0.4) is 0 Å². The van der Waals surface area contributed by atoms with Crippen molar-refractivity contribution in [1.29, 1.82) is 0 Å². The van der Waals surface area contributed by atoms with Gasteiger partial charge in [0.2, 0.25) is 0 Å². The molecule has 0 spiro atoms. The Bertz CT molecular complexity index is 1300. The zero-order valence-corrected chi connectivity index (χ0v) is 19.9. The minimum atomic E-state index is -3.48. The molecule has 32 heavy (non-hydrogen) atoms. The third-order valence-corrected chi connectivity index (χ3v) is 9.66. The van der Waals surface area contributed by atoms with Crippen LogP contribution in [-0.4, -0.2) is 49.4 Å². The fraction of sp³-hybridized carbons (Fsp3) is 0.375. The number of hydrogen-bond acceptors (Lipinski definition) is 5. The second-order valence-electron chi connectivity index (χ2n) is 9.04. The maximum atomic E-state index is 13.6. The van der Waals surface area contributed by atoms with E-state index in [1.54, 1.807) is 21.8 Å². The summed E-state index contributed by atoms with van der Waals surface area (Å²) in [7, 11) is 0.561. The Kier molecular flexibility index (Phi) is 5.57. The number of sulfonamides is 1. The lowest BCUT2D eigenvalue weighted by atomic mass is 9.83. The summed E-state index contributed by atoms with van der Waals surface area (Å²) < 4.78 is 30.1. The van der Waals surface area contributed by atoms with E-state index in [1.807, 2.05) is 49.0 Å². The van der Waals surface area contributed by atoms with Gasteiger partial charge in [0.1, 0.15) is 4.21 Å². The van der Waals surface area contributed by atoms with Crippen molar-refractivity contribution in [2.45, 2.75) is 29.6 Å². The standard InChI is InChI=1S/C24H27N3O3S2/c1-25(2)15-18-6-3-4-7-20(18)21-9-10-22-19-12-17(14-27(22)24(21)28)13-26(16-19)32(29,30)23-8-5-11-31-23/h3-11,17,19H,12-16H2,1-2H3. The average molecular weight is 470 g/mol. The zero-order valence-electron chi connectivity index (χ0n) is 18.3. The monoisotopic (exact) mass is 469 g/mol. The van der Waals surface area contributed by atoms with Crippen molar-refractivity contribution in [2.24, 2.45) is 5.92 Å². The van der Waals surface area contributed by atoms with E-state index in [1.165, 1.54) is 11.3 Å². The van der Waals surface area contributed by atoms with Gasteiger partial charge in [0, 0.05) is 43.4 Å². The Morgan fingerprint density at radius 1 is 1.00 bits per heavy atom. The second kappa shape index (κ2) is 8.26. The number of thiophene rings is 1. The highest BCUT2D eigenvalue weighted by Crippen LogP contribution is 2.38. The Morgan fingerprint density at radius 3 is 2.56 bits per heavy atom. The number of fused-ring (bicyclic) bond motifs is 4. The Morgan fingerprint density at radius 2 is 1.81 bits per heavy atom. The van der Waals surface area contributed by atoms with Crippen molar-refractivity contribution < 1.29 is 8.42 Å². The summed E-state index contributed by atoms with van der Waals surface area (Å²) in [4.78, 5) is 15.7. The summed E-state index contributed by atoms with van der Waals surface area (Å²) in [6.07, 6.45) is 0.923. The van der Waals surface area contributed by atoms with Crippen LogP contribution in [-0.2, 0) is 23.1 Å². The highest BCUT2D eigenvalue weighted by Gasteiger charge is 2.40. The normalized spacial score (nSPS) is 21.0. The van der Waals surface area contributed by atoms with E-state index in [0.717, 1.165) is 29.8 Å². The van der Waals surface area contributed by atoms with E-state index >= 15 is 0 Å². The van der Waals surface area contributed by atoms with E-state index in [9.17, 15) is 13.2 Å². The largest absolute Gasteiger partial charge is 0.311 e. The third kappa shape index (κ3) is 3.75. The van der Waals surface area contributed by atoms with Crippen LogP contribution in [0.15, 0.2) is 62.9 Å².